The summed E-state index contributed by atoms with van der Waals surface area (Å²) in [5, 5.41) is 11.8. The van der Waals surface area contributed by atoms with Gasteiger partial charge in [0.25, 0.3) is 0 Å². The normalized spacial score (nSPS) is 22.4. The Morgan fingerprint density at radius 2 is 1.90 bits per heavy atom. The van der Waals surface area contributed by atoms with E-state index in [4.69, 9.17) is 22.4 Å². The van der Waals surface area contributed by atoms with Gasteiger partial charge in [-0.05, 0) is 23.6 Å². The third kappa shape index (κ3) is 2.71. The van der Waals surface area contributed by atoms with Crippen LogP contribution in [0.5, 0.6) is 0 Å². The SMILES string of the molecule is CC1(C)C(C(=O)O)C1C(=O)Nc1ccc(C(N)=O)c(Cl)c1. The van der Waals surface area contributed by atoms with E-state index in [2.05, 4.69) is 5.32 Å². The van der Waals surface area contributed by atoms with E-state index in [9.17, 15) is 14.4 Å². The van der Waals surface area contributed by atoms with Crippen molar-refractivity contribution >= 4 is 35.1 Å². The number of nitrogens with one attached hydrogen (secondary N) is 1. The molecule has 0 bridgehead atoms. The molecular weight excluding hydrogens is 296 g/mol. The number of carbonyl (C=O) groups is 3. The second-order valence-electron chi connectivity index (χ2n) is 5.66. The van der Waals surface area contributed by atoms with Crippen molar-refractivity contribution in [2.75, 3.05) is 5.32 Å². The first kappa shape index (κ1) is 15.3. The Labute approximate surface area is 126 Å². The Bertz CT molecular complexity index is 642. The van der Waals surface area contributed by atoms with Gasteiger partial charge in [-0.1, -0.05) is 25.4 Å². The minimum Gasteiger partial charge on any atom is -0.481 e. The average molecular weight is 311 g/mol. The highest BCUT2D eigenvalue weighted by Crippen LogP contribution is 2.58. The molecule has 2 unspecified atom stereocenters. The molecule has 112 valence electrons. The second-order valence-corrected chi connectivity index (χ2v) is 6.07. The van der Waals surface area contributed by atoms with Crippen molar-refractivity contribution in [2.24, 2.45) is 23.0 Å². The molecule has 4 N–H and O–H groups in total. The third-order valence-electron chi connectivity index (χ3n) is 3.88. The molecule has 2 rings (SSSR count). The fourth-order valence-electron chi connectivity index (χ4n) is 2.60. The summed E-state index contributed by atoms with van der Waals surface area (Å²) in [5.41, 5.74) is 5.11. The van der Waals surface area contributed by atoms with Gasteiger partial charge in [-0.15, -0.1) is 0 Å². The van der Waals surface area contributed by atoms with Crippen molar-refractivity contribution in [3.05, 3.63) is 28.8 Å². The van der Waals surface area contributed by atoms with E-state index in [1.165, 1.54) is 18.2 Å². The molecule has 1 aliphatic carbocycles. The molecule has 0 radical (unpaired) electrons. The fourth-order valence-corrected chi connectivity index (χ4v) is 2.87. The van der Waals surface area contributed by atoms with E-state index in [1.54, 1.807) is 13.8 Å². The molecule has 7 heteroatoms. The quantitative estimate of drug-likeness (QED) is 0.786. The summed E-state index contributed by atoms with van der Waals surface area (Å²) >= 11 is 5.89. The third-order valence-corrected chi connectivity index (χ3v) is 4.19. The number of anilines is 1. The van der Waals surface area contributed by atoms with Crippen LogP contribution in [0.1, 0.15) is 24.2 Å². The molecular formula is C14H15ClN2O4. The molecule has 21 heavy (non-hydrogen) atoms. The predicted molar refractivity (Wildman–Crippen MR) is 77.0 cm³/mol. The monoisotopic (exact) mass is 310 g/mol. The lowest BCUT2D eigenvalue weighted by molar-refractivity contribution is -0.140. The number of aliphatic carboxylic acids is 1. The summed E-state index contributed by atoms with van der Waals surface area (Å²) in [4.78, 5) is 34.3. The van der Waals surface area contributed by atoms with Crippen molar-refractivity contribution in [3.8, 4) is 0 Å². The zero-order valence-corrected chi connectivity index (χ0v) is 12.3. The molecule has 1 saturated carbocycles. The van der Waals surface area contributed by atoms with Gasteiger partial charge in [-0.25, -0.2) is 0 Å². The molecule has 0 heterocycles. The minimum absolute atomic E-state index is 0.130. The van der Waals surface area contributed by atoms with E-state index < -0.39 is 29.1 Å². The lowest BCUT2D eigenvalue weighted by Crippen LogP contribution is -2.18. The zero-order chi connectivity index (χ0) is 15.9. The summed E-state index contributed by atoms with van der Waals surface area (Å²) in [6.45, 7) is 3.47. The van der Waals surface area contributed by atoms with Crippen LogP contribution in [0.2, 0.25) is 5.02 Å². The fraction of sp³-hybridized carbons (Fsp3) is 0.357. The summed E-state index contributed by atoms with van der Waals surface area (Å²) < 4.78 is 0. The van der Waals surface area contributed by atoms with Crippen molar-refractivity contribution in [1.29, 1.82) is 0 Å². The van der Waals surface area contributed by atoms with Crippen LogP contribution in [0.25, 0.3) is 0 Å². The van der Waals surface area contributed by atoms with Crippen LogP contribution in [0.3, 0.4) is 0 Å². The first-order chi connectivity index (χ1) is 9.66. The number of primary amides is 1. The molecule has 0 aliphatic heterocycles. The van der Waals surface area contributed by atoms with Crippen molar-refractivity contribution in [2.45, 2.75) is 13.8 Å². The van der Waals surface area contributed by atoms with Crippen LogP contribution < -0.4 is 11.1 Å². The number of hydrogen-bond donors (Lipinski definition) is 3. The first-order valence-electron chi connectivity index (χ1n) is 6.29. The Kier molecular flexibility index (Phi) is 3.67. The van der Waals surface area contributed by atoms with Gasteiger partial charge < -0.3 is 16.2 Å². The number of carboxylic acids is 1. The average Bonchev–Trinajstić information content (AvgIpc) is 2.92. The molecule has 2 amide bonds. The first-order valence-corrected chi connectivity index (χ1v) is 6.67. The zero-order valence-electron chi connectivity index (χ0n) is 11.5. The lowest BCUT2D eigenvalue weighted by atomic mass is 10.1. The topological polar surface area (TPSA) is 109 Å². The van der Waals surface area contributed by atoms with Gasteiger partial charge in [0.05, 0.1) is 22.4 Å². The number of carbonyl (C=O) groups excluding carboxylic acids is 2. The number of rotatable bonds is 4. The van der Waals surface area contributed by atoms with Crippen LogP contribution in [-0.2, 0) is 9.59 Å². The van der Waals surface area contributed by atoms with Gasteiger partial charge in [0.15, 0.2) is 0 Å². The summed E-state index contributed by atoms with van der Waals surface area (Å²) in [6, 6.07) is 4.31. The molecule has 0 aromatic heterocycles. The minimum atomic E-state index is -0.984. The van der Waals surface area contributed by atoms with E-state index in [-0.39, 0.29) is 16.5 Å². The van der Waals surface area contributed by atoms with Gasteiger partial charge in [-0.3, -0.25) is 14.4 Å². The van der Waals surface area contributed by atoms with Gasteiger partial charge in [-0.2, -0.15) is 0 Å². The molecule has 1 fully saturated rings. The highest BCUT2D eigenvalue weighted by Gasteiger charge is 2.65. The highest BCUT2D eigenvalue weighted by atomic mass is 35.5. The summed E-state index contributed by atoms with van der Waals surface area (Å²) in [6.07, 6.45) is 0. The van der Waals surface area contributed by atoms with Gasteiger partial charge in [0, 0.05) is 5.69 Å². The molecule has 6 nitrogen and oxygen atoms in total. The molecule has 1 aliphatic rings. The maximum Gasteiger partial charge on any atom is 0.307 e. The Morgan fingerprint density at radius 3 is 2.33 bits per heavy atom. The van der Waals surface area contributed by atoms with Crippen molar-refractivity contribution in [3.63, 3.8) is 0 Å². The Hall–Kier alpha value is -2.08. The maximum absolute atomic E-state index is 12.1. The van der Waals surface area contributed by atoms with E-state index in [0.717, 1.165) is 0 Å². The summed E-state index contributed by atoms with van der Waals surface area (Å²) in [5.74, 6) is -3.31. The smallest absolute Gasteiger partial charge is 0.307 e. The Balaban J connectivity index is 2.13. The van der Waals surface area contributed by atoms with Crippen molar-refractivity contribution in [1.82, 2.24) is 0 Å². The van der Waals surface area contributed by atoms with E-state index in [1.807, 2.05) is 0 Å². The van der Waals surface area contributed by atoms with Crippen LogP contribution in [0.4, 0.5) is 5.69 Å². The largest absolute Gasteiger partial charge is 0.481 e. The van der Waals surface area contributed by atoms with E-state index >= 15 is 0 Å². The van der Waals surface area contributed by atoms with Crippen LogP contribution in [-0.4, -0.2) is 22.9 Å². The molecule has 0 spiro atoms. The number of halogens is 1. The standard InChI is InChI=1S/C14H15ClN2O4/c1-14(2)9(10(14)13(20)21)12(19)17-6-3-4-7(11(16)18)8(15)5-6/h3-5,9-10H,1-2H3,(H2,16,18)(H,17,19)(H,20,21). The Morgan fingerprint density at radius 1 is 1.29 bits per heavy atom. The molecule has 2 atom stereocenters. The number of amides is 2. The molecule has 1 aromatic carbocycles. The number of hydrogen-bond acceptors (Lipinski definition) is 3. The number of carboxylic acid groups (broad SMARTS) is 1. The highest BCUT2D eigenvalue weighted by molar-refractivity contribution is 6.34. The molecule has 0 saturated heterocycles. The lowest BCUT2D eigenvalue weighted by Gasteiger charge is -2.08. The predicted octanol–water partition coefficient (Wildman–Crippen LogP) is 1.73. The number of benzene rings is 1. The van der Waals surface area contributed by atoms with Gasteiger partial charge >= 0.3 is 5.97 Å². The van der Waals surface area contributed by atoms with Crippen LogP contribution in [0.15, 0.2) is 18.2 Å². The molecule has 1 aromatic rings. The van der Waals surface area contributed by atoms with Gasteiger partial charge in [0.1, 0.15) is 0 Å². The number of nitrogens with two attached hydrogens (primary N) is 1. The second kappa shape index (κ2) is 5.04. The van der Waals surface area contributed by atoms with E-state index in [0.29, 0.717) is 5.69 Å². The van der Waals surface area contributed by atoms with Crippen LogP contribution >= 0.6 is 11.6 Å². The summed E-state index contributed by atoms with van der Waals surface area (Å²) in [7, 11) is 0. The van der Waals surface area contributed by atoms with Crippen LogP contribution in [0, 0.1) is 17.3 Å². The van der Waals surface area contributed by atoms with Crippen molar-refractivity contribution < 1.29 is 19.5 Å². The maximum atomic E-state index is 12.1. The van der Waals surface area contributed by atoms with Gasteiger partial charge in [0.2, 0.25) is 11.8 Å².